The molecule has 1 aliphatic rings. The monoisotopic (exact) mass is 413 g/mol. The van der Waals surface area contributed by atoms with Crippen molar-refractivity contribution in [2.75, 3.05) is 12.4 Å². The summed E-state index contributed by atoms with van der Waals surface area (Å²) in [5, 5.41) is 25.9. The van der Waals surface area contributed by atoms with Crippen molar-refractivity contribution in [2.24, 2.45) is 0 Å². The summed E-state index contributed by atoms with van der Waals surface area (Å²) in [6, 6.07) is 13.7. The zero-order valence-corrected chi connectivity index (χ0v) is 15.5. The number of aromatic nitrogens is 3. The highest BCUT2D eigenvalue weighted by Crippen LogP contribution is 2.40. The van der Waals surface area contributed by atoms with E-state index >= 15 is 0 Å². The molecule has 0 saturated heterocycles. The summed E-state index contributed by atoms with van der Waals surface area (Å²) in [7, 11) is 1.48. The lowest BCUT2D eigenvalue weighted by Gasteiger charge is -2.27. The molecule has 0 spiro atoms. The number of fused-ring (bicyclic) bond motifs is 1. The van der Waals surface area contributed by atoms with Crippen LogP contribution in [0.5, 0.6) is 11.5 Å². The van der Waals surface area contributed by atoms with Gasteiger partial charge in [-0.15, -0.1) is 5.10 Å². The van der Waals surface area contributed by atoms with Crippen LogP contribution in [0.25, 0.3) is 5.70 Å². The maximum atomic E-state index is 13.3. The van der Waals surface area contributed by atoms with Crippen molar-refractivity contribution >= 4 is 11.6 Å². The molecule has 0 bridgehead atoms. The Balaban J connectivity index is 1.95. The molecule has 152 valence electrons. The molecule has 2 heterocycles. The lowest BCUT2D eigenvalue weighted by atomic mass is 9.94. The summed E-state index contributed by atoms with van der Waals surface area (Å²) in [4.78, 5) is 3.59. The van der Waals surface area contributed by atoms with Gasteiger partial charge >= 0.3 is 6.18 Å². The first-order chi connectivity index (χ1) is 14.3. The molecule has 0 fully saturated rings. The van der Waals surface area contributed by atoms with E-state index in [0.29, 0.717) is 22.6 Å². The number of nitrogens with one attached hydrogen (secondary N) is 1. The van der Waals surface area contributed by atoms with E-state index in [2.05, 4.69) is 21.5 Å². The molecule has 0 saturated carbocycles. The Kier molecular flexibility index (Phi) is 4.58. The van der Waals surface area contributed by atoms with Crippen LogP contribution in [0.4, 0.5) is 19.1 Å². The largest absolute Gasteiger partial charge is 0.508 e. The van der Waals surface area contributed by atoms with Crippen LogP contribution in [0.1, 0.15) is 23.0 Å². The highest BCUT2D eigenvalue weighted by molar-refractivity contribution is 5.83. The van der Waals surface area contributed by atoms with E-state index in [4.69, 9.17) is 4.74 Å². The second-order valence-corrected chi connectivity index (χ2v) is 6.45. The number of methoxy groups -OCH3 is 1. The van der Waals surface area contributed by atoms with Crippen molar-refractivity contribution in [3.8, 4) is 17.6 Å². The maximum absolute atomic E-state index is 13.3. The Hall–Kier alpha value is -4.00. The van der Waals surface area contributed by atoms with E-state index in [-0.39, 0.29) is 17.3 Å². The Morgan fingerprint density at radius 2 is 1.93 bits per heavy atom. The van der Waals surface area contributed by atoms with E-state index in [0.717, 1.165) is 4.68 Å². The van der Waals surface area contributed by atoms with Crippen LogP contribution in [0.3, 0.4) is 0 Å². The van der Waals surface area contributed by atoms with Crippen LogP contribution in [-0.2, 0) is 6.18 Å². The highest BCUT2D eigenvalue weighted by Gasteiger charge is 2.40. The summed E-state index contributed by atoms with van der Waals surface area (Å²) in [5.74, 6) is -0.976. The molecular formula is C20H14F3N5O2. The van der Waals surface area contributed by atoms with Gasteiger partial charge in [0, 0.05) is 5.56 Å². The van der Waals surface area contributed by atoms with Crippen molar-refractivity contribution in [3.05, 3.63) is 71.1 Å². The van der Waals surface area contributed by atoms with Gasteiger partial charge in [-0.2, -0.15) is 23.4 Å². The first-order valence-electron chi connectivity index (χ1n) is 8.70. The summed E-state index contributed by atoms with van der Waals surface area (Å²) in [6.07, 6.45) is -4.76. The van der Waals surface area contributed by atoms with Gasteiger partial charge in [-0.3, -0.25) is 0 Å². The molecule has 0 unspecified atom stereocenters. The lowest BCUT2D eigenvalue weighted by Crippen LogP contribution is -2.24. The number of rotatable bonds is 3. The standard InChI is InChI=1S/C20H14F3N5O2/c1-30-14-4-2-3-12(9-14)16-15(10-24)17(11-5-7-13(29)8-6-11)28-19(25-16)26-18(27-28)20(21,22)23/h2-9,17,29H,1H3,(H,25,26,27)/t17-/m1/s1. The first-order valence-corrected chi connectivity index (χ1v) is 8.70. The minimum atomic E-state index is -4.76. The van der Waals surface area contributed by atoms with Crippen molar-refractivity contribution in [1.82, 2.24) is 14.8 Å². The molecule has 30 heavy (non-hydrogen) atoms. The molecule has 0 radical (unpaired) electrons. The van der Waals surface area contributed by atoms with Gasteiger partial charge in [0.1, 0.15) is 17.5 Å². The fourth-order valence-corrected chi connectivity index (χ4v) is 3.23. The van der Waals surface area contributed by atoms with Gasteiger partial charge in [-0.25, -0.2) is 4.68 Å². The van der Waals surface area contributed by atoms with E-state index in [1.165, 1.54) is 31.4 Å². The van der Waals surface area contributed by atoms with Crippen molar-refractivity contribution in [3.63, 3.8) is 0 Å². The topological polar surface area (TPSA) is 96.0 Å². The molecular weight excluding hydrogens is 399 g/mol. The molecule has 10 heteroatoms. The van der Waals surface area contributed by atoms with Gasteiger partial charge in [-0.05, 0) is 29.8 Å². The van der Waals surface area contributed by atoms with Crippen molar-refractivity contribution in [2.45, 2.75) is 12.2 Å². The van der Waals surface area contributed by atoms with Gasteiger partial charge in [0.05, 0.1) is 24.4 Å². The SMILES string of the molecule is COc1cccc(C2=C(C#N)[C@@H](c3ccc(O)cc3)n3nc(C(F)(F)F)nc3N2)c1. The van der Waals surface area contributed by atoms with Gasteiger partial charge < -0.3 is 15.2 Å². The van der Waals surface area contributed by atoms with Crippen LogP contribution in [0, 0.1) is 11.3 Å². The predicted molar refractivity (Wildman–Crippen MR) is 100 cm³/mol. The number of hydrogen-bond donors (Lipinski definition) is 2. The summed E-state index contributed by atoms with van der Waals surface area (Å²) >= 11 is 0. The molecule has 2 N–H and O–H groups in total. The van der Waals surface area contributed by atoms with E-state index in [9.17, 15) is 23.5 Å². The second kappa shape index (κ2) is 7.11. The van der Waals surface area contributed by atoms with Gasteiger partial charge in [-0.1, -0.05) is 24.3 Å². The fraction of sp³-hybridized carbons (Fsp3) is 0.150. The number of allylic oxidation sites excluding steroid dienone is 1. The molecule has 0 amide bonds. The van der Waals surface area contributed by atoms with Crippen LogP contribution in [-0.4, -0.2) is 27.0 Å². The van der Waals surface area contributed by atoms with Crippen LogP contribution in [0.2, 0.25) is 0 Å². The molecule has 3 aromatic rings. The number of phenolic OH excluding ortho intramolecular Hbond substituents is 1. The minimum absolute atomic E-state index is 0.0158. The zero-order chi connectivity index (χ0) is 21.5. The molecule has 1 aromatic heterocycles. The van der Waals surface area contributed by atoms with Crippen molar-refractivity contribution < 1.29 is 23.0 Å². The lowest BCUT2D eigenvalue weighted by molar-refractivity contribution is -0.145. The van der Waals surface area contributed by atoms with Gasteiger partial charge in [0.25, 0.3) is 5.82 Å². The number of hydrogen-bond acceptors (Lipinski definition) is 6. The predicted octanol–water partition coefficient (Wildman–Crippen LogP) is 3.96. The van der Waals surface area contributed by atoms with Crippen LogP contribution in [0.15, 0.2) is 54.1 Å². The summed E-state index contributed by atoms with van der Waals surface area (Å²) in [5.41, 5.74) is 1.44. The normalized spacial score (nSPS) is 15.9. The molecule has 7 nitrogen and oxygen atoms in total. The minimum Gasteiger partial charge on any atom is -0.508 e. The van der Waals surface area contributed by atoms with Gasteiger partial charge in [0.2, 0.25) is 5.95 Å². The van der Waals surface area contributed by atoms with Gasteiger partial charge in [0.15, 0.2) is 0 Å². The van der Waals surface area contributed by atoms with Crippen LogP contribution < -0.4 is 10.1 Å². The average molecular weight is 413 g/mol. The third-order valence-corrected chi connectivity index (χ3v) is 4.60. The highest BCUT2D eigenvalue weighted by atomic mass is 19.4. The Bertz CT molecular complexity index is 1180. The average Bonchev–Trinajstić information content (AvgIpc) is 3.17. The number of halogens is 3. The molecule has 1 aliphatic heterocycles. The van der Waals surface area contributed by atoms with E-state index in [1.54, 1.807) is 24.3 Å². The third kappa shape index (κ3) is 3.30. The number of ether oxygens (including phenoxy) is 1. The molecule has 4 rings (SSSR count). The Morgan fingerprint density at radius 1 is 1.20 bits per heavy atom. The Labute approximate surface area is 168 Å². The van der Waals surface area contributed by atoms with Crippen molar-refractivity contribution in [1.29, 1.82) is 5.26 Å². The smallest absolute Gasteiger partial charge is 0.453 e. The fourth-order valence-electron chi connectivity index (χ4n) is 3.23. The first kappa shape index (κ1) is 19.3. The second-order valence-electron chi connectivity index (χ2n) is 6.45. The Morgan fingerprint density at radius 3 is 2.57 bits per heavy atom. The zero-order valence-electron chi connectivity index (χ0n) is 15.5. The number of benzene rings is 2. The summed E-state index contributed by atoms with van der Waals surface area (Å²) < 4.78 is 46.0. The molecule has 0 aliphatic carbocycles. The number of alkyl halides is 3. The number of anilines is 1. The number of nitriles is 1. The number of nitrogens with zero attached hydrogens (tertiary/aromatic N) is 4. The summed E-state index contributed by atoms with van der Waals surface area (Å²) in [6.45, 7) is 0. The quantitative estimate of drug-likeness (QED) is 0.675. The third-order valence-electron chi connectivity index (χ3n) is 4.60. The molecule has 1 atom stereocenters. The van der Waals surface area contributed by atoms with E-state index < -0.39 is 18.0 Å². The van der Waals surface area contributed by atoms with Crippen LogP contribution >= 0.6 is 0 Å². The maximum Gasteiger partial charge on any atom is 0.453 e. The van der Waals surface area contributed by atoms with E-state index in [1.807, 2.05) is 0 Å². The molecule has 2 aromatic carbocycles. The number of phenols is 1. The number of aromatic hydroxyl groups is 1.